The average molecular weight is 311 g/mol. The summed E-state index contributed by atoms with van der Waals surface area (Å²) in [7, 11) is -0.323. The molecule has 20 heavy (non-hydrogen) atoms. The number of nitrogens with one attached hydrogen (secondary N) is 1. The maximum atomic E-state index is 11.9. The summed E-state index contributed by atoms with van der Waals surface area (Å²) in [5, 5.41) is 6.26. The minimum atomic E-state index is -3.36. The zero-order chi connectivity index (χ0) is 14.8. The molecule has 108 valence electrons. The first-order valence-corrected chi connectivity index (χ1v) is 8.39. The second kappa shape index (κ2) is 5.90. The van der Waals surface area contributed by atoms with Crippen molar-refractivity contribution in [1.82, 2.24) is 9.29 Å². The number of hydrogen-bond donors (Lipinski definition) is 1. The molecule has 0 amide bonds. The van der Waals surface area contributed by atoms with Crippen LogP contribution in [0, 0.1) is 6.92 Å². The first-order chi connectivity index (χ1) is 9.39. The molecule has 1 aromatic heterocycles. The van der Waals surface area contributed by atoms with Crippen molar-refractivity contribution in [1.29, 1.82) is 0 Å². The maximum absolute atomic E-state index is 11.9. The number of benzene rings is 1. The normalized spacial score (nSPS) is 11.8. The molecule has 1 N–H and O–H groups in total. The Morgan fingerprint density at radius 2 is 1.90 bits per heavy atom. The third-order valence-corrected chi connectivity index (χ3v) is 5.42. The van der Waals surface area contributed by atoms with E-state index in [1.807, 2.05) is 12.3 Å². The Labute approximate surface area is 123 Å². The fourth-order valence-electron chi connectivity index (χ4n) is 1.64. The molecule has 1 aromatic carbocycles. The molecule has 0 radical (unpaired) electrons. The lowest BCUT2D eigenvalue weighted by molar-refractivity contribution is 0.521. The minimum absolute atomic E-state index is 0.289. The van der Waals surface area contributed by atoms with Crippen LogP contribution in [0.5, 0.6) is 0 Å². The predicted octanol–water partition coefficient (Wildman–Crippen LogP) is 2.31. The van der Waals surface area contributed by atoms with Gasteiger partial charge in [0.15, 0.2) is 0 Å². The van der Waals surface area contributed by atoms with Gasteiger partial charge in [0.25, 0.3) is 0 Å². The van der Waals surface area contributed by atoms with E-state index in [9.17, 15) is 8.42 Å². The van der Waals surface area contributed by atoms with Crippen molar-refractivity contribution in [3.05, 3.63) is 40.3 Å². The second-order valence-electron chi connectivity index (χ2n) is 4.52. The molecule has 0 aliphatic carbocycles. The number of nitrogens with zero attached hydrogens (tertiary/aromatic N) is 2. The van der Waals surface area contributed by atoms with Gasteiger partial charge in [-0.2, -0.15) is 0 Å². The van der Waals surface area contributed by atoms with Crippen LogP contribution in [-0.2, 0) is 16.6 Å². The molecular formula is C13H17N3O2S2. The van der Waals surface area contributed by atoms with Crippen molar-refractivity contribution in [2.75, 3.05) is 19.4 Å². The average Bonchev–Trinajstić information content (AvgIpc) is 2.82. The Morgan fingerprint density at radius 1 is 1.25 bits per heavy atom. The van der Waals surface area contributed by atoms with E-state index < -0.39 is 10.0 Å². The molecule has 0 atom stereocenters. The Hall–Kier alpha value is -1.44. The van der Waals surface area contributed by atoms with Gasteiger partial charge in [-0.25, -0.2) is 17.7 Å². The summed E-state index contributed by atoms with van der Waals surface area (Å²) in [6.45, 7) is 2.60. The molecule has 0 fully saturated rings. The largest absolute Gasteiger partial charge is 0.379 e. The van der Waals surface area contributed by atoms with Gasteiger partial charge in [-0.1, -0.05) is 0 Å². The number of anilines is 1. The van der Waals surface area contributed by atoms with Gasteiger partial charge in [-0.3, -0.25) is 0 Å². The molecule has 0 unspecified atom stereocenters. The van der Waals surface area contributed by atoms with Crippen molar-refractivity contribution in [3.63, 3.8) is 0 Å². The second-order valence-corrected chi connectivity index (χ2v) is 7.74. The highest BCUT2D eigenvalue weighted by atomic mass is 32.2. The highest BCUT2D eigenvalue weighted by Gasteiger charge is 2.16. The number of sulfonamides is 1. The van der Waals surface area contributed by atoms with E-state index >= 15 is 0 Å². The highest BCUT2D eigenvalue weighted by molar-refractivity contribution is 7.89. The molecule has 1 heterocycles. The third kappa shape index (κ3) is 3.36. The smallest absolute Gasteiger partial charge is 0.242 e. The fourth-order valence-corrected chi connectivity index (χ4v) is 3.15. The molecule has 0 saturated carbocycles. The van der Waals surface area contributed by atoms with Crippen molar-refractivity contribution in [2.24, 2.45) is 0 Å². The molecule has 7 heteroatoms. The van der Waals surface area contributed by atoms with Gasteiger partial charge in [0.2, 0.25) is 10.0 Å². The zero-order valence-corrected chi connectivity index (χ0v) is 13.3. The standard InChI is InChI=1S/C13H17N3O2S2/c1-10-15-12(9-19-10)8-14-11-4-6-13(7-5-11)20(17,18)16(2)3/h4-7,9,14H,8H2,1-3H3. The van der Waals surface area contributed by atoms with Gasteiger partial charge in [0.1, 0.15) is 0 Å². The van der Waals surface area contributed by atoms with Gasteiger partial charge in [-0.05, 0) is 31.2 Å². The zero-order valence-electron chi connectivity index (χ0n) is 11.6. The van der Waals surface area contributed by atoms with E-state index in [-0.39, 0.29) is 4.90 Å². The highest BCUT2D eigenvalue weighted by Crippen LogP contribution is 2.17. The third-order valence-electron chi connectivity index (χ3n) is 2.77. The first kappa shape index (κ1) is 15.0. The van der Waals surface area contributed by atoms with Gasteiger partial charge >= 0.3 is 0 Å². The van der Waals surface area contributed by atoms with E-state index in [2.05, 4.69) is 10.3 Å². The lowest BCUT2D eigenvalue weighted by Crippen LogP contribution is -2.22. The summed E-state index contributed by atoms with van der Waals surface area (Å²) in [5.74, 6) is 0. The maximum Gasteiger partial charge on any atom is 0.242 e. The summed E-state index contributed by atoms with van der Waals surface area (Å²) >= 11 is 1.61. The molecule has 2 rings (SSSR count). The molecular weight excluding hydrogens is 294 g/mol. The molecule has 5 nitrogen and oxygen atoms in total. The van der Waals surface area contributed by atoms with Gasteiger partial charge in [0, 0.05) is 25.2 Å². The summed E-state index contributed by atoms with van der Waals surface area (Å²) in [6.07, 6.45) is 0. The number of hydrogen-bond acceptors (Lipinski definition) is 5. The number of aromatic nitrogens is 1. The summed E-state index contributed by atoms with van der Waals surface area (Å²) in [5.41, 5.74) is 1.85. The van der Waals surface area contributed by atoms with E-state index in [1.165, 1.54) is 18.4 Å². The van der Waals surface area contributed by atoms with Gasteiger partial charge in [0.05, 0.1) is 22.1 Å². The van der Waals surface area contributed by atoms with Crippen LogP contribution < -0.4 is 5.32 Å². The summed E-state index contributed by atoms with van der Waals surface area (Å²) in [6, 6.07) is 6.72. The topological polar surface area (TPSA) is 62.3 Å². The molecule has 0 aliphatic rings. The van der Waals surface area contributed by atoms with Crippen LogP contribution in [0.3, 0.4) is 0 Å². The molecule has 2 aromatic rings. The van der Waals surface area contributed by atoms with Crippen molar-refractivity contribution < 1.29 is 8.42 Å². The van der Waals surface area contributed by atoms with Crippen LogP contribution in [0.25, 0.3) is 0 Å². The van der Waals surface area contributed by atoms with Crippen LogP contribution in [0.2, 0.25) is 0 Å². The molecule has 0 aliphatic heterocycles. The molecule has 0 spiro atoms. The predicted molar refractivity (Wildman–Crippen MR) is 81.5 cm³/mol. The van der Waals surface area contributed by atoms with E-state index in [4.69, 9.17) is 0 Å². The Morgan fingerprint density at radius 3 is 2.40 bits per heavy atom. The van der Waals surface area contributed by atoms with Gasteiger partial charge in [-0.15, -0.1) is 11.3 Å². The van der Waals surface area contributed by atoms with E-state index in [0.29, 0.717) is 6.54 Å². The number of rotatable bonds is 5. The SMILES string of the molecule is Cc1nc(CNc2ccc(S(=O)(=O)N(C)C)cc2)cs1. The minimum Gasteiger partial charge on any atom is -0.379 e. The van der Waals surface area contributed by atoms with E-state index in [0.717, 1.165) is 16.4 Å². The monoisotopic (exact) mass is 311 g/mol. The van der Waals surface area contributed by atoms with Crippen LogP contribution in [0.15, 0.2) is 34.5 Å². The lowest BCUT2D eigenvalue weighted by atomic mass is 10.3. The molecule has 0 bridgehead atoms. The van der Waals surface area contributed by atoms with Crippen LogP contribution in [0.4, 0.5) is 5.69 Å². The number of thiazole rings is 1. The van der Waals surface area contributed by atoms with E-state index in [1.54, 1.807) is 35.6 Å². The van der Waals surface area contributed by atoms with Crippen LogP contribution in [-0.4, -0.2) is 31.8 Å². The summed E-state index contributed by atoms with van der Waals surface area (Å²) < 4.78 is 25.0. The van der Waals surface area contributed by atoms with Crippen LogP contribution >= 0.6 is 11.3 Å². The Bertz CT molecular complexity index is 676. The number of aryl methyl sites for hydroxylation is 1. The molecule has 0 saturated heterocycles. The summed E-state index contributed by atoms with van der Waals surface area (Å²) in [4.78, 5) is 4.65. The van der Waals surface area contributed by atoms with Gasteiger partial charge < -0.3 is 5.32 Å². The van der Waals surface area contributed by atoms with Crippen molar-refractivity contribution in [3.8, 4) is 0 Å². The van der Waals surface area contributed by atoms with Crippen molar-refractivity contribution in [2.45, 2.75) is 18.4 Å². The quantitative estimate of drug-likeness (QED) is 0.920. The Balaban J connectivity index is 2.05. The lowest BCUT2D eigenvalue weighted by Gasteiger charge is -2.12. The fraction of sp³-hybridized carbons (Fsp3) is 0.308. The first-order valence-electron chi connectivity index (χ1n) is 6.07. The Kier molecular flexibility index (Phi) is 4.42. The van der Waals surface area contributed by atoms with Crippen LogP contribution in [0.1, 0.15) is 10.7 Å². The van der Waals surface area contributed by atoms with Crippen molar-refractivity contribution >= 4 is 27.0 Å².